The van der Waals surface area contributed by atoms with Crippen molar-refractivity contribution >= 4 is 69.1 Å². The number of hydrogen-bond donors (Lipinski definition) is 2. The van der Waals surface area contributed by atoms with E-state index in [1.165, 1.54) is 0 Å². The van der Waals surface area contributed by atoms with Gasteiger partial charge in [0.15, 0.2) is 5.96 Å². The molecule has 2 aliphatic rings. The number of aliphatic imine (C=N–C) groups is 1. The van der Waals surface area contributed by atoms with Crippen LogP contribution < -0.4 is 15.5 Å². The van der Waals surface area contributed by atoms with E-state index in [4.69, 9.17) is 11.6 Å². The Balaban J connectivity index is 0.00000300. The first-order chi connectivity index (χ1) is 13.5. The summed E-state index contributed by atoms with van der Waals surface area (Å²) in [5.41, 5.74) is 0. The number of halogens is 2. The highest BCUT2D eigenvalue weighted by atomic mass is 127. The third-order valence-corrected chi connectivity index (χ3v) is 7.92. The van der Waals surface area contributed by atoms with Crippen molar-refractivity contribution in [1.82, 2.24) is 19.9 Å². The van der Waals surface area contributed by atoms with Crippen LogP contribution in [0.2, 0.25) is 5.02 Å². The second-order valence-electron chi connectivity index (χ2n) is 6.71. The number of anilines is 1. The van der Waals surface area contributed by atoms with Gasteiger partial charge in [-0.1, -0.05) is 11.6 Å². The molecule has 0 aromatic carbocycles. The molecule has 1 aromatic heterocycles. The van der Waals surface area contributed by atoms with Gasteiger partial charge >= 0.3 is 0 Å². The Morgan fingerprint density at radius 1 is 1.38 bits per heavy atom. The topological polar surface area (TPSA) is 89.9 Å². The highest BCUT2D eigenvalue weighted by Gasteiger charge is 2.26. The molecule has 0 bridgehead atoms. The van der Waals surface area contributed by atoms with E-state index in [0.29, 0.717) is 30.6 Å². The summed E-state index contributed by atoms with van der Waals surface area (Å²) >= 11 is 8.03. The monoisotopic (exact) mass is 574 g/mol. The molecule has 2 aliphatic heterocycles. The molecule has 12 heteroatoms. The Bertz CT molecular complexity index is 792. The summed E-state index contributed by atoms with van der Waals surface area (Å²) in [5.74, 6) is 3.21. The van der Waals surface area contributed by atoms with Crippen LogP contribution in [-0.4, -0.2) is 86.7 Å². The lowest BCUT2D eigenvalue weighted by atomic mass is 10.3. The number of sulfonamides is 1. The van der Waals surface area contributed by atoms with Gasteiger partial charge in [-0.2, -0.15) is 11.8 Å². The number of rotatable bonds is 6. The predicted octanol–water partition coefficient (Wildman–Crippen LogP) is 1.48. The molecule has 1 atom stereocenters. The zero-order valence-electron chi connectivity index (χ0n) is 16.4. The van der Waals surface area contributed by atoms with Crippen LogP contribution in [0.15, 0.2) is 23.3 Å². The third kappa shape index (κ3) is 7.01. The molecule has 0 spiro atoms. The fourth-order valence-electron chi connectivity index (χ4n) is 3.32. The maximum absolute atomic E-state index is 12.4. The average Bonchev–Trinajstić information content (AvgIpc) is 3.16. The fraction of sp³-hybridized carbons (Fsp3) is 0.647. The molecule has 0 radical (unpaired) electrons. The number of hydrogen-bond acceptors (Lipinski definition) is 6. The smallest absolute Gasteiger partial charge is 0.215 e. The highest BCUT2D eigenvalue weighted by Crippen LogP contribution is 2.25. The van der Waals surface area contributed by atoms with Gasteiger partial charge in [0.25, 0.3) is 0 Å². The largest absolute Gasteiger partial charge is 0.355 e. The van der Waals surface area contributed by atoms with E-state index in [1.54, 1.807) is 29.3 Å². The van der Waals surface area contributed by atoms with E-state index >= 15 is 0 Å². The van der Waals surface area contributed by atoms with E-state index in [-0.39, 0.29) is 35.8 Å². The third-order valence-electron chi connectivity index (χ3n) is 4.81. The molecule has 0 aliphatic carbocycles. The molecule has 29 heavy (non-hydrogen) atoms. The van der Waals surface area contributed by atoms with Crippen LogP contribution in [0.25, 0.3) is 0 Å². The standard InChI is InChI=1S/C17H27ClN6O2S2.HI/c1-19-17(21-6-12-28(25,26)24-8-10-27-11-9-24)22-14-4-7-23(13-14)16-15(18)3-2-5-20-16;/h2-3,5,14H,4,6-13H2,1H3,(H2,19,21,22);1H. The fourth-order valence-corrected chi connectivity index (χ4v) is 6.05. The number of guanidine groups is 1. The van der Waals surface area contributed by atoms with E-state index in [0.717, 1.165) is 36.8 Å². The summed E-state index contributed by atoms with van der Waals surface area (Å²) < 4.78 is 26.4. The van der Waals surface area contributed by atoms with Gasteiger partial charge in [0, 0.05) is 63.5 Å². The van der Waals surface area contributed by atoms with Gasteiger partial charge in [-0.05, 0) is 18.6 Å². The molecule has 164 valence electrons. The van der Waals surface area contributed by atoms with Crippen LogP contribution in [0.4, 0.5) is 5.82 Å². The van der Waals surface area contributed by atoms with Crippen LogP contribution in [-0.2, 0) is 10.0 Å². The maximum atomic E-state index is 12.4. The van der Waals surface area contributed by atoms with Crippen molar-refractivity contribution < 1.29 is 8.42 Å². The van der Waals surface area contributed by atoms with Gasteiger partial charge in [-0.3, -0.25) is 4.99 Å². The maximum Gasteiger partial charge on any atom is 0.215 e. The number of nitrogens with zero attached hydrogens (tertiary/aromatic N) is 4. The molecular formula is C17H28ClIN6O2S2. The number of thioether (sulfide) groups is 1. The van der Waals surface area contributed by atoms with E-state index < -0.39 is 10.0 Å². The van der Waals surface area contributed by atoms with Crippen molar-refractivity contribution in [3.05, 3.63) is 23.4 Å². The summed E-state index contributed by atoms with van der Waals surface area (Å²) in [6.45, 7) is 3.16. The second-order valence-corrected chi connectivity index (χ2v) is 10.4. The number of nitrogens with one attached hydrogen (secondary N) is 2. The molecule has 2 fully saturated rings. The van der Waals surface area contributed by atoms with Crippen molar-refractivity contribution in [3.8, 4) is 0 Å². The lowest BCUT2D eigenvalue weighted by Crippen LogP contribution is -2.47. The zero-order valence-corrected chi connectivity index (χ0v) is 21.1. The molecule has 0 saturated carbocycles. The molecule has 3 rings (SSSR count). The quantitative estimate of drug-likeness (QED) is 0.302. The van der Waals surface area contributed by atoms with Crippen molar-refractivity contribution in [3.63, 3.8) is 0 Å². The molecule has 0 amide bonds. The van der Waals surface area contributed by atoms with Crippen molar-refractivity contribution in [2.45, 2.75) is 12.5 Å². The van der Waals surface area contributed by atoms with Gasteiger partial charge < -0.3 is 15.5 Å². The van der Waals surface area contributed by atoms with E-state index in [1.807, 2.05) is 12.1 Å². The second kappa shape index (κ2) is 11.8. The molecule has 8 nitrogen and oxygen atoms in total. The zero-order chi connectivity index (χ0) is 20.0. The van der Waals surface area contributed by atoms with Crippen molar-refractivity contribution in [2.24, 2.45) is 4.99 Å². The Hall–Kier alpha value is -0.500. The average molecular weight is 575 g/mol. The summed E-state index contributed by atoms with van der Waals surface area (Å²) in [4.78, 5) is 10.7. The van der Waals surface area contributed by atoms with Gasteiger partial charge in [0.1, 0.15) is 5.82 Å². The first kappa shape index (κ1) is 24.8. The van der Waals surface area contributed by atoms with E-state index in [9.17, 15) is 8.42 Å². The predicted molar refractivity (Wildman–Crippen MR) is 132 cm³/mol. The summed E-state index contributed by atoms with van der Waals surface area (Å²) in [5, 5.41) is 7.14. The van der Waals surface area contributed by atoms with Crippen LogP contribution in [0.5, 0.6) is 0 Å². The van der Waals surface area contributed by atoms with E-state index in [2.05, 4.69) is 25.5 Å². The lowest BCUT2D eigenvalue weighted by Gasteiger charge is -2.26. The normalized spacial score (nSPS) is 21.0. The minimum absolute atomic E-state index is 0. The van der Waals surface area contributed by atoms with Crippen LogP contribution >= 0.6 is 47.3 Å². The molecule has 1 unspecified atom stereocenters. The summed E-state index contributed by atoms with van der Waals surface area (Å²) in [6, 6.07) is 3.85. The molecule has 2 saturated heterocycles. The minimum Gasteiger partial charge on any atom is -0.355 e. The Morgan fingerprint density at radius 3 is 2.83 bits per heavy atom. The summed E-state index contributed by atoms with van der Waals surface area (Å²) in [7, 11) is -1.53. The van der Waals surface area contributed by atoms with Crippen LogP contribution in [0.1, 0.15) is 6.42 Å². The first-order valence-corrected chi connectivity index (χ1v) is 12.5. The highest BCUT2D eigenvalue weighted by molar-refractivity contribution is 14.0. The Labute approximate surface area is 199 Å². The van der Waals surface area contributed by atoms with Crippen molar-refractivity contribution in [2.75, 3.05) is 61.9 Å². The van der Waals surface area contributed by atoms with Crippen LogP contribution in [0.3, 0.4) is 0 Å². The molecular weight excluding hydrogens is 547 g/mol. The van der Waals surface area contributed by atoms with Gasteiger partial charge in [-0.25, -0.2) is 17.7 Å². The first-order valence-electron chi connectivity index (χ1n) is 9.38. The Morgan fingerprint density at radius 2 is 2.14 bits per heavy atom. The minimum atomic E-state index is -3.22. The van der Waals surface area contributed by atoms with Crippen LogP contribution in [0, 0.1) is 0 Å². The van der Waals surface area contributed by atoms with Gasteiger partial charge in [0.2, 0.25) is 10.0 Å². The SMILES string of the molecule is CN=C(NCCS(=O)(=O)N1CCSCC1)NC1CCN(c2ncccc2Cl)C1.I. The van der Waals surface area contributed by atoms with Gasteiger partial charge in [-0.15, -0.1) is 24.0 Å². The number of aromatic nitrogens is 1. The number of pyridine rings is 1. The lowest BCUT2D eigenvalue weighted by molar-refractivity contribution is 0.443. The molecule has 3 heterocycles. The Kier molecular flexibility index (Phi) is 10.1. The van der Waals surface area contributed by atoms with Gasteiger partial charge in [0.05, 0.1) is 10.8 Å². The van der Waals surface area contributed by atoms with Crippen molar-refractivity contribution in [1.29, 1.82) is 0 Å². The molecule has 2 N–H and O–H groups in total. The molecule has 1 aromatic rings. The summed E-state index contributed by atoms with van der Waals surface area (Å²) in [6.07, 6.45) is 2.67.